The Labute approximate surface area is 268 Å². The number of nitrogens with one attached hydrogen (secondary N) is 1. The smallest absolute Gasteiger partial charge is 0.339 e. The number of para-hydroxylation sites is 2. The first kappa shape index (κ1) is 29.3. The number of ether oxygens (including phenoxy) is 1. The van der Waals surface area contributed by atoms with E-state index < -0.39 is 23.5 Å². The molecule has 46 heavy (non-hydrogen) atoms. The second-order valence-corrected chi connectivity index (χ2v) is 12.2. The minimum absolute atomic E-state index is 0.116. The summed E-state index contributed by atoms with van der Waals surface area (Å²) in [6, 6.07) is 30.3. The Morgan fingerprint density at radius 2 is 1.41 bits per heavy atom. The van der Waals surface area contributed by atoms with E-state index in [0.29, 0.717) is 22.6 Å². The van der Waals surface area contributed by atoms with Crippen LogP contribution in [0.25, 0.3) is 0 Å². The maximum absolute atomic E-state index is 15.1. The predicted molar refractivity (Wildman–Crippen MR) is 180 cm³/mol. The number of likely N-dealkylation sites (N-methyl/N-ethyl adjacent to an activating group) is 2. The SMILES string of the molecule is CCOC(=O)C1=C(Nc2ccc(C)cc2)[C@@H]([C@@H]2C(=O)N(C)c3ccccc32)N(c2ccc(C)cc2)[C@]12C(=O)N(C)c1ccccc12. The van der Waals surface area contributed by atoms with Crippen molar-refractivity contribution in [2.24, 2.45) is 0 Å². The average Bonchev–Trinajstić information content (AvgIpc) is 3.58. The third-order valence-corrected chi connectivity index (χ3v) is 9.50. The van der Waals surface area contributed by atoms with Crippen LogP contribution in [0.2, 0.25) is 0 Å². The first-order chi connectivity index (χ1) is 22.2. The van der Waals surface area contributed by atoms with Gasteiger partial charge in [0.1, 0.15) is 0 Å². The van der Waals surface area contributed by atoms with Crippen molar-refractivity contribution in [1.29, 1.82) is 0 Å². The molecule has 3 heterocycles. The zero-order chi connectivity index (χ0) is 32.3. The van der Waals surface area contributed by atoms with Crippen LogP contribution >= 0.6 is 0 Å². The second-order valence-electron chi connectivity index (χ2n) is 12.2. The number of esters is 1. The first-order valence-electron chi connectivity index (χ1n) is 15.6. The summed E-state index contributed by atoms with van der Waals surface area (Å²) in [5, 5.41) is 3.57. The van der Waals surface area contributed by atoms with Crippen LogP contribution in [-0.2, 0) is 24.7 Å². The maximum Gasteiger partial charge on any atom is 0.339 e. The fraction of sp³-hybridized carbons (Fsp3) is 0.237. The van der Waals surface area contributed by atoms with Gasteiger partial charge in [0.25, 0.3) is 5.91 Å². The number of aryl methyl sites for hydroxylation is 2. The molecule has 1 N–H and O–H groups in total. The molecule has 232 valence electrons. The molecule has 0 fully saturated rings. The summed E-state index contributed by atoms with van der Waals surface area (Å²) < 4.78 is 5.80. The van der Waals surface area contributed by atoms with Crippen LogP contribution in [0.5, 0.6) is 0 Å². The highest BCUT2D eigenvalue weighted by atomic mass is 16.5. The summed E-state index contributed by atoms with van der Waals surface area (Å²) in [5.41, 5.74) is 5.55. The zero-order valence-corrected chi connectivity index (χ0v) is 26.6. The number of hydrogen-bond acceptors (Lipinski definition) is 6. The molecule has 0 radical (unpaired) electrons. The molecule has 0 unspecified atom stereocenters. The molecule has 0 aliphatic carbocycles. The number of rotatable bonds is 6. The third-order valence-electron chi connectivity index (χ3n) is 9.50. The molecule has 4 aromatic rings. The first-order valence-corrected chi connectivity index (χ1v) is 15.6. The van der Waals surface area contributed by atoms with Gasteiger partial charge in [0, 0.05) is 42.4 Å². The Morgan fingerprint density at radius 1 is 0.804 bits per heavy atom. The van der Waals surface area contributed by atoms with Crippen LogP contribution in [0.3, 0.4) is 0 Å². The van der Waals surface area contributed by atoms with E-state index in [9.17, 15) is 9.59 Å². The highest BCUT2D eigenvalue weighted by Crippen LogP contribution is 2.59. The summed E-state index contributed by atoms with van der Waals surface area (Å²) in [7, 11) is 3.51. The van der Waals surface area contributed by atoms with Crippen LogP contribution in [-0.4, -0.2) is 44.5 Å². The normalized spacial score (nSPS) is 21.7. The molecule has 0 bridgehead atoms. The number of carbonyl (C=O) groups is 3. The Balaban J connectivity index is 1.61. The third kappa shape index (κ3) is 4.09. The zero-order valence-electron chi connectivity index (χ0n) is 26.6. The fourth-order valence-corrected chi connectivity index (χ4v) is 7.40. The van der Waals surface area contributed by atoms with Crippen molar-refractivity contribution in [3.63, 3.8) is 0 Å². The lowest BCUT2D eigenvalue weighted by Gasteiger charge is -2.42. The van der Waals surface area contributed by atoms with Crippen molar-refractivity contribution >= 4 is 40.5 Å². The fourth-order valence-electron chi connectivity index (χ4n) is 7.40. The van der Waals surface area contributed by atoms with Gasteiger partial charge in [-0.15, -0.1) is 0 Å². The number of anilines is 4. The summed E-state index contributed by atoms with van der Waals surface area (Å²) >= 11 is 0. The van der Waals surface area contributed by atoms with Crippen molar-refractivity contribution in [3.8, 4) is 0 Å². The van der Waals surface area contributed by atoms with Gasteiger partial charge in [0.15, 0.2) is 5.54 Å². The van der Waals surface area contributed by atoms with Crippen molar-refractivity contribution in [1.82, 2.24) is 0 Å². The predicted octanol–water partition coefficient (Wildman–Crippen LogP) is 6.05. The molecule has 8 heteroatoms. The molecule has 3 aliphatic rings. The maximum atomic E-state index is 15.1. The standard InChI is InChI=1S/C38H36N4O4/c1-6-46-36(44)32-33(39-25-19-15-23(2)16-20-25)34(31-27-11-7-9-13-29(27)40(4)35(31)43)42(26-21-17-24(3)18-22-26)38(32)28-12-8-10-14-30(28)41(5)37(38)45/h7-22,31,34,39H,6H2,1-5H3/t31-,34-,38+/m1/s1. The van der Waals surface area contributed by atoms with Crippen LogP contribution in [0.1, 0.15) is 35.1 Å². The van der Waals surface area contributed by atoms with Crippen molar-refractivity contribution in [3.05, 3.63) is 131 Å². The number of carbonyl (C=O) groups excluding carboxylic acids is 3. The Morgan fingerprint density at radius 3 is 2.09 bits per heavy atom. The molecule has 3 aliphatic heterocycles. The minimum Gasteiger partial charge on any atom is -0.462 e. The lowest BCUT2D eigenvalue weighted by atomic mass is 9.83. The quantitative estimate of drug-likeness (QED) is 0.267. The van der Waals surface area contributed by atoms with Crippen molar-refractivity contribution in [2.45, 2.75) is 38.3 Å². The van der Waals surface area contributed by atoms with Crippen LogP contribution < -0.4 is 20.0 Å². The largest absolute Gasteiger partial charge is 0.462 e. The Bertz CT molecular complexity index is 1920. The molecule has 3 atom stereocenters. The van der Waals surface area contributed by atoms with Gasteiger partial charge in [-0.1, -0.05) is 71.8 Å². The lowest BCUT2D eigenvalue weighted by Crippen LogP contribution is -2.56. The van der Waals surface area contributed by atoms with Gasteiger partial charge in [0.2, 0.25) is 5.91 Å². The number of benzene rings is 4. The van der Waals surface area contributed by atoms with Gasteiger partial charge in [0.05, 0.1) is 29.8 Å². The van der Waals surface area contributed by atoms with E-state index in [-0.39, 0.29) is 24.0 Å². The summed E-state index contributed by atoms with van der Waals surface area (Å²) in [4.78, 5) is 49.3. The van der Waals surface area contributed by atoms with E-state index in [1.165, 1.54) is 0 Å². The van der Waals surface area contributed by atoms with E-state index in [2.05, 4.69) is 5.32 Å². The molecular formula is C38H36N4O4. The Hall–Kier alpha value is -5.37. The highest BCUT2D eigenvalue weighted by Gasteiger charge is 2.68. The molecule has 0 saturated carbocycles. The van der Waals surface area contributed by atoms with Crippen LogP contribution in [0, 0.1) is 13.8 Å². The van der Waals surface area contributed by atoms with E-state index in [1.54, 1.807) is 30.8 Å². The van der Waals surface area contributed by atoms with Crippen LogP contribution in [0.4, 0.5) is 22.7 Å². The molecule has 2 amide bonds. The van der Waals surface area contributed by atoms with Gasteiger partial charge in [-0.3, -0.25) is 9.59 Å². The van der Waals surface area contributed by atoms with Crippen molar-refractivity contribution < 1.29 is 19.1 Å². The molecule has 0 saturated heterocycles. The van der Waals surface area contributed by atoms with Crippen LogP contribution in [0.15, 0.2) is 108 Å². The van der Waals surface area contributed by atoms with Gasteiger partial charge in [-0.25, -0.2) is 4.79 Å². The molecule has 4 aromatic carbocycles. The molecule has 8 nitrogen and oxygen atoms in total. The Kier molecular flexibility index (Phi) is 6.96. The lowest BCUT2D eigenvalue weighted by molar-refractivity contribution is -0.140. The molecule has 7 rings (SSSR count). The molecule has 0 aromatic heterocycles. The van der Waals surface area contributed by atoms with E-state index in [4.69, 9.17) is 4.74 Å². The number of hydrogen-bond donors (Lipinski definition) is 1. The van der Waals surface area contributed by atoms with Gasteiger partial charge < -0.3 is 24.8 Å². The highest BCUT2D eigenvalue weighted by molar-refractivity contribution is 6.19. The van der Waals surface area contributed by atoms with E-state index >= 15 is 4.79 Å². The number of nitrogens with zero attached hydrogens (tertiary/aromatic N) is 3. The second kappa shape index (κ2) is 10.9. The molecular weight excluding hydrogens is 576 g/mol. The average molecular weight is 613 g/mol. The number of fused-ring (bicyclic) bond motifs is 3. The monoisotopic (exact) mass is 612 g/mol. The van der Waals surface area contributed by atoms with E-state index in [0.717, 1.165) is 28.1 Å². The van der Waals surface area contributed by atoms with E-state index in [1.807, 2.05) is 116 Å². The minimum atomic E-state index is -1.62. The number of amides is 2. The topological polar surface area (TPSA) is 82.2 Å². The summed E-state index contributed by atoms with van der Waals surface area (Å²) in [6.45, 7) is 5.88. The van der Waals surface area contributed by atoms with Gasteiger partial charge in [-0.2, -0.15) is 0 Å². The summed E-state index contributed by atoms with van der Waals surface area (Å²) in [5.74, 6) is -1.78. The van der Waals surface area contributed by atoms with Gasteiger partial charge >= 0.3 is 5.97 Å². The summed E-state index contributed by atoms with van der Waals surface area (Å²) in [6.07, 6.45) is 0. The van der Waals surface area contributed by atoms with Crippen molar-refractivity contribution in [2.75, 3.05) is 40.7 Å². The molecule has 1 spiro atoms. The van der Waals surface area contributed by atoms with Gasteiger partial charge in [-0.05, 0) is 62.7 Å².